The lowest BCUT2D eigenvalue weighted by Gasteiger charge is -2.47. The normalized spacial score (nSPS) is 29.6. The van der Waals surface area contributed by atoms with Crippen molar-refractivity contribution < 1.29 is 14.5 Å². The maximum atomic E-state index is 13.1. The van der Waals surface area contributed by atoms with Gasteiger partial charge < -0.3 is 9.80 Å². The minimum absolute atomic E-state index is 0.00972. The lowest BCUT2D eigenvalue weighted by Crippen LogP contribution is -3.14. The molecule has 2 unspecified atom stereocenters. The van der Waals surface area contributed by atoms with Crippen LogP contribution in [-0.2, 0) is 9.59 Å². The highest BCUT2D eigenvalue weighted by Gasteiger charge is 2.64. The van der Waals surface area contributed by atoms with Crippen LogP contribution in [0.25, 0.3) is 0 Å². The van der Waals surface area contributed by atoms with Gasteiger partial charge in [-0.2, -0.15) is 0 Å². The second-order valence-corrected chi connectivity index (χ2v) is 9.82. The Morgan fingerprint density at radius 2 is 1.90 bits per heavy atom. The van der Waals surface area contributed by atoms with Gasteiger partial charge in [0.1, 0.15) is 5.82 Å². The van der Waals surface area contributed by atoms with Crippen LogP contribution in [0.3, 0.4) is 0 Å². The van der Waals surface area contributed by atoms with Crippen LogP contribution in [0.4, 0.5) is 5.82 Å². The Morgan fingerprint density at radius 1 is 1.14 bits per heavy atom. The highest BCUT2D eigenvalue weighted by molar-refractivity contribution is 6.03. The molecule has 3 fully saturated rings. The Kier molecular flexibility index (Phi) is 5.40. The van der Waals surface area contributed by atoms with Gasteiger partial charge in [-0.15, -0.1) is 0 Å². The molecule has 2 bridgehead atoms. The molecule has 1 N–H and O–H groups in total. The summed E-state index contributed by atoms with van der Waals surface area (Å²) in [4.78, 5) is 36.0. The van der Waals surface area contributed by atoms with Crippen molar-refractivity contribution in [2.75, 3.05) is 44.2 Å². The van der Waals surface area contributed by atoms with Gasteiger partial charge in [0, 0.05) is 18.7 Å². The standard InChI is InChI=1S/C23H34N4O2/c1-22(2)18-9-10-23(22,3)21(29)27(20(18)28)13-7-6-12-25-14-16-26(17-15-25)19-8-4-5-11-24-19/h4-5,8,11,18H,6-7,9-10,12-17H2,1-3H3/p+1. The van der Waals surface area contributed by atoms with Crippen LogP contribution in [0.2, 0.25) is 0 Å². The van der Waals surface area contributed by atoms with Crippen molar-refractivity contribution in [1.29, 1.82) is 0 Å². The number of carbonyl (C=O) groups is 2. The number of hydrogen-bond donors (Lipinski definition) is 1. The number of hydrogen-bond acceptors (Lipinski definition) is 4. The van der Waals surface area contributed by atoms with E-state index in [0.29, 0.717) is 6.54 Å². The van der Waals surface area contributed by atoms with E-state index in [1.807, 2.05) is 18.3 Å². The molecule has 1 saturated carbocycles. The van der Waals surface area contributed by atoms with Gasteiger partial charge in [0.05, 0.1) is 38.1 Å². The third kappa shape index (κ3) is 3.45. The third-order valence-corrected chi connectivity index (χ3v) is 8.11. The molecule has 0 spiro atoms. The first-order valence-electron chi connectivity index (χ1n) is 11.2. The highest BCUT2D eigenvalue weighted by Crippen LogP contribution is 2.60. The Morgan fingerprint density at radius 3 is 2.59 bits per heavy atom. The number of unbranched alkanes of at least 4 members (excludes halogenated alkanes) is 1. The summed E-state index contributed by atoms with van der Waals surface area (Å²) in [6.45, 7) is 12.3. The minimum Gasteiger partial charge on any atom is -0.345 e. The highest BCUT2D eigenvalue weighted by atomic mass is 16.2. The predicted octanol–water partition coefficient (Wildman–Crippen LogP) is 1.38. The second kappa shape index (κ2) is 7.71. The summed E-state index contributed by atoms with van der Waals surface area (Å²) in [6, 6.07) is 6.07. The quantitative estimate of drug-likeness (QED) is 0.580. The van der Waals surface area contributed by atoms with Crippen LogP contribution in [-0.4, -0.2) is 61.0 Å². The number of piperidine rings is 1. The smallest absolute Gasteiger partial charge is 0.235 e. The first-order valence-corrected chi connectivity index (χ1v) is 11.2. The number of likely N-dealkylation sites (tertiary alicyclic amines) is 1. The molecular formula is C23H35N4O2+. The number of nitrogens with one attached hydrogen (secondary N) is 1. The van der Waals surface area contributed by atoms with Gasteiger partial charge in [-0.3, -0.25) is 14.5 Å². The number of nitrogens with zero attached hydrogens (tertiary/aromatic N) is 3. The van der Waals surface area contributed by atoms with Crippen molar-refractivity contribution in [3.8, 4) is 0 Å². The van der Waals surface area contributed by atoms with E-state index >= 15 is 0 Å². The summed E-state index contributed by atoms with van der Waals surface area (Å²) >= 11 is 0. The fraction of sp³-hybridized carbons (Fsp3) is 0.696. The number of anilines is 1. The van der Waals surface area contributed by atoms with Gasteiger partial charge in [0.25, 0.3) is 0 Å². The fourth-order valence-electron chi connectivity index (χ4n) is 5.60. The molecule has 6 nitrogen and oxygen atoms in total. The number of piperazine rings is 1. The van der Waals surface area contributed by atoms with E-state index in [-0.39, 0.29) is 28.6 Å². The molecule has 0 radical (unpaired) electrons. The van der Waals surface area contributed by atoms with Crippen LogP contribution in [0.5, 0.6) is 0 Å². The second-order valence-electron chi connectivity index (χ2n) is 9.82. The summed E-state index contributed by atoms with van der Waals surface area (Å²) < 4.78 is 0. The molecule has 1 aromatic rings. The number of quaternary nitrogens is 1. The molecule has 29 heavy (non-hydrogen) atoms. The zero-order valence-electron chi connectivity index (χ0n) is 18.1. The largest absolute Gasteiger partial charge is 0.345 e. The lowest BCUT2D eigenvalue weighted by atomic mass is 9.62. The Labute approximate surface area is 174 Å². The zero-order valence-corrected chi connectivity index (χ0v) is 18.1. The van der Waals surface area contributed by atoms with Gasteiger partial charge in [-0.1, -0.05) is 26.8 Å². The summed E-state index contributed by atoms with van der Waals surface area (Å²) in [5.74, 6) is 1.22. The van der Waals surface area contributed by atoms with Crippen molar-refractivity contribution in [2.45, 2.75) is 46.5 Å². The molecule has 3 aliphatic rings. The lowest BCUT2D eigenvalue weighted by molar-refractivity contribution is -0.900. The van der Waals surface area contributed by atoms with E-state index in [1.165, 1.54) is 0 Å². The average molecular weight is 400 g/mol. The van der Waals surface area contributed by atoms with Crippen LogP contribution >= 0.6 is 0 Å². The molecule has 158 valence electrons. The maximum Gasteiger partial charge on any atom is 0.235 e. The SMILES string of the molecule is CC12CCC(C(=O)N(CCCC[NH+]3CCN(c4ccccn4)CC3)C1=O)C2(C)C. The van der Waals surface area contributed by atoms with Crippen LogP contribution in [0, 0.1) is 16.7 Å². The maximum absolute atomic E-state index is 13.1. The van der Waals surface area contributed by atoms with Gasteiger partial charge in [-0.05, 0) is 43.2 Å². The number of aromatic nitrogens is 1. The fourth-order valence-corrected chi connectivity index (χ4v) is 5.60. The molecule has 0 aromatic carbocycles. The van der Waals surface area contributed by atoms with E-state index in [2.05, 4.69) is 36.7 Å². The van der Waals surface area contributed by atoms with E-state index in [4.69, 9.17) is 0 Å². The predicted molar refractivity (Wildman–Crippen MR) is 113 cm³/mol. The number of carbonyl (C=O) groups excluding carboxylic acids is 2. The van der Waals surface area contributed by atoms with Crippen molar-refractivity contribution in [3.05, 3.63) is 24.4 Å². The average Bonchev–Trinajstić information content (AvgIpc) is 2.92. The van der Waals surface area contributed by atoms with Crippen molar-refractivity contribution in [1.82, 2.24) is 9.88 Å². The van der Waals surface area contributed by atoms with Crippen LogP contribution in [0.15, 0.2) is 24.4 Å². The number of amides is 2. The van der Waals surface area contributed by atoms with Crippen LogP contribution in [0.1, 0.15) is 46.5 Å². The number of imide groups is 1. The summed E-state index contributed by atoms with van der Waals surface area (Å²) in [5.41, 5.74) is -0.590. The Balaban J connectivity index is 1.23. The summed E-state index contributed by atoms with van der Waals surface area (Å²) in [6.07, 6.45) is 5.52. The first kappa shape index (κ1) is 20.3. The number of pyridine rings is 1. The van der Waals surface area contributed by atoms with E-state index in [0.717, 1.165) is 64.2 Å². The summed E-state index contributed by atoms with van der Waals surface area (Å²) in [7, 11) is 0. The molecule has 2 saturated heterocycles. The van der Waals surface area contributed by atoms with Gasteiger partial charge in [-0.25, -0.2) is 4.98 Å². The molecule has 2 amide bonds. The first-order chi connectivity index (χ1) is 13.8. The Hall–Kier alpha value is -1.95. The van der Waals surface area contributed by atoms with Crippen LogP contribution < -0.4 is 9.80 Å². The third-order valence-electron chi connectivity index (χ3n) is 8.11. The Bertz CT molecular complexity index is 757. The molecular weight excluding hydrogens is 364 g/mol. The molecule has 1 aliphatic carbocycles. The van der Waals surface area contributed by atoms with Gasteiger partial charge in [0.15, 0.2) is 0 Å². The molecule has 2 atom stereocenters. The van der Waals surface area contributed by atoms with E-state index < -0.39 is 0 Å². The van der Waals surface area contributed by atoms with E-state index in [9.17, 15) is 9.59 Å². The van der Waals surface area contributed by atoms with E-state index in [1.54, 1.807) is 9.80 Å². The topological polar surface area (TPSA) is 58.0 Å². The van der Waals surface area contributed by atoms with Gasteiger partial charge >= 0.3 is 0 Å². The zero-order chi connectivity index (χ0) is 20.6. The summed E-state index contributed by atoms with van der Waals surface area (Å²) in [5, 5.41) is 0. The molecule has 1 aromatic heterocycles. The van der Waals surface area contributed by atoms with Crippen molar-refractivity contribution >= 4 is 17.6 Å². The number of fused-ring (bicyclic) bond motifs is 2. The van der Waals surface area contributed by atoms with Crippen molar-refractivity contribution in [2.24, 2.45) is 16.7 Å². The molecule has 4 rings (SSSR count). The molecule has 3 heterocycles. The minimum atomic E-state index is -0.376. The monoisotopic (exact) mass is 399 g/mol. The molecule has 2 aliphatic heterocycles. The number of rotatable bonds is 6. The molecule has 6 heteroatoms. The van der Waals surface area contributed by atoms with Gasteiger partial charge in [0.2, 0.25) is 11.8 Å². The van der Waals surface area contributed by atoms with Crippen molar-refractivity contribution in [3.63, 3.8) is 0 Å².